The van der Waals surface area contributed by atoms with E-state index in [1.165, 1.54) is 11.3 Å². The van der Waals surface area contributed by atoms with Crippen LogP contribution in [0.3, 0.4) is 0 Å². The van der Waals surface area contributed by atoms with Gasteiger partial charge in [-0.3, -0.25) is 4.79 Å². The molecule has 0 saturated carbocycles. The van der Waals surface area contributed by atoms with Crippen LogP contribution in [0.25, 0.3) is 0 Å². The molecule has 1 aliphatic heterocycles. The highest BCUT2D eigenvalue weighted by atomic mass is 35.5. The molecule has 1 N–H and O–H groups in total. The third-order valence-electron chi connectivity index (χ3n) is 2.65. The summed E-state index contributed by atoms with van der Waals surface area (Å²) < 4.78 is 0.750. The molecule has 2 rings (SSSR count). The number of amides is 1. The van der Waals surface area contributed by atoms with Gasteiger partial charge in [0.1, 0.15) is 0 Å². The van der Waals surface area contributed by atoms with Gasteiger partial charge in [-0.2, -0.15) is 0 Å². The summed E-state index contributed by atoms with van der Waals surface area (Å²) in [6.07, 6.45) is 1.52. The molecule has 0 unspecified atom stereocenters. The fraction of sp³-hybridized carbons (Fsp3) is 0.545. The number of hydrogen-bond acceptors (Lipinski definition) is 3. The summed E-state index contributed by atoms with van der Waals surface area (Å²) in [5.41, 5.74) is 0. The van der Waals surface area contributed by atoms with Crippen molar-refractivity contribution in [1.29, 1.82) is 0 Å². The average Bonchev–Trinajstić information content (AvgIpc) is 2.56. The standard InChI is InChI=1S/C11H15ClN2OS/c12-10-3-2-9(16-10)8-11(15)14-6-1-4-13-5-7-14/h2-3,13H,1,4-8H2. The van der Waals surface area contributed by atoms with Crippen LogP contribution >= 0.6 is 22.9 Å². The quantitative estimate of drug-likeness (QED) is 0.877. The molecule has 0 spiro atoms. The molecule has 1 aromatic heterocycles. The molecule has 0 aromatic carbocycles. The van der Waals surface area contributed by atoms with E-state index in [1.807, 2.05) is 17.0 Å². The molecule has 5 heteroatoms. The van der Waals surface area contributed by atoms with Crippen LogP contribution in [0.4, 0.5) is 0 Å². The Morgan fingerprint density at radius 2 is 2.31 bits per heavy atom. The molecule has 0 radical (unpaired) electrons. The second kappa shape index (κ2) is 5.66. The van der Waals surface area contributed by atoms with Crippen molar-refractivity contribution in [3.63, 3.8) is 0 Å². The molecule has 1 aliphatic rings. The fourth-order valence-electron chi connectivity index (χ4n) is 1.80. The van der Waals surface area contributed by atoms with E-state index < -0.39 is 0 Å². The minimum Gasteiger partial charge on any atom is -0.341 e. The van der Waals surface area contributed by atoms with Crippen molar-refractivity contribution in [3.8, 4) is 0 Å². The van der Waals surface area contributed by atoms with Crippen molar-refractivity contribution in [1.82, 2.24) is 10.2 Å². The van der Waals surface area contributed by atoms with E-state index in [0.29, 0.717) is 6.42 Å². The largest absolute Gasteiger partial charge is 0.341 e. The van der Waals surface area contributed by atoms with E-state index in [-0.39, 0.29) is 5.91 Å². The second-order valence-corrected chi connectivity index (χ2v) is 5.67. The van der Waals surface area contributed by atoms with Gasteiger partial charge in [0.15, 0.2) is 0 Å². The van der Waals surface area contributed by atoms with Crippen LogP contribution in [-0.4, -0.2) is 37.0 Å². The van der Waals surface area contributed by atoms with Gasteiger partial charge in [0.05, 0.1) is 10.8 Å². The van der Waals surface area contributed by atoms with E-state index >= 15 is 0 Å². The Balaban J connectivity index is 1.91. The van der Waals surface area contributed by atoms with E-state index in [9.17, 15) is 4.79 Å². The highest BCUT2D eigenvalue weighted by Crippen LogP contribution is 2.22. The van der Waals surface area contributed by atoms with Crippen molar-refractivity contribution < 1.29 is 4.79 Å². The van der Waals surface area contributed by atoms with Crippen molar-refractivity contribution >= 4 is 28.8 Å². The molecule has 1 aromatic rings. The van der Waals surface area contributed by atoms with Crippen molar-refractivity contribution in [3.05, 3.63) is 21.3 Å². The van der Waals surface area contributed by atoms with Crippen molar-refractivity contribution in [2.24, 2.45) is 0 Å². The van der Waals surface area contributed by atoms with Crippen LogP contribution in [0.15, 0.2) is 12.1 Å². The lowest BCUT2D eigenvalue weighted by Crippen LogP contribution is -2.35. The van der Waals surface area contributed by atoms with E-state index in [4.69, 9.17) is 11.6 Å². The van der Waals surface area contributed by atoms with Crippen molar-refractivity contribution in [2.45, 2.75) is 12.8 Å². The third-order valence-corrected chi connectivity index (χ3v) is 3.88. The Bertz CT molecular complexity index is 359. The number of thiophene rings is 1. The number of halogens is 1. The first-order valence-corrected chi connectivity index (χ1v) is 6.68. The molecule has 0 aliphatic carbocycles. The molecule has 1 fully saturated rings. The van der Waals surface area contributed by atoms with Crippen molar-refractivity contribution in [2.75, 3.05) is 26.2 Å². The molecule has 0 bridgehead atoms. The Hall–Kier alpha value is -0.580. The van der Waals surface area contributed by atoms with Gasteiger partial charge in [0.2, 0.25) is 5.91 Å². The minimum atomic E-state index is 0.210. The maximum atomic E-state index is 12.0. The fourth-order valence-corrected chi connectivity index (χ4v) is 2.88. The first-order chi connectivity index (χ1) is 7.75. The molecule has 88 valence electrons. The van der Waals surface area contributed by atoms with Gasteiger partial charge in [0.25, 0.3) is 0 Å². The molecular weight excluding hydrogens is 244 g/mol. The number of carbonyl (C=O) groups excluding carboxylic acids is 1. The van der Waals surface area contributed by atoms with Gasteiger partial charge in [-0.05, 0) is 25.1 Å². The van der Waals surface area contributed by atoms with Crippen LogP contribution in [0.1, 0.15) is 11.3 Å². The van der Waals surface area contributed by atoms with Gasteiger partial charge in [-0.1, -0.05) is 11.6 Å². The zero-order chi connectivity index (χ0) is 11.4. The monoisotopic (exact) mass is 258 g/mol. The molecule has 3 nitrogen and oxygen atoms in total. The molecule has 16 heavy (non-hydrogen) atoms. The summed E-state index contributed by atoms with van der Waals surface area (Å²) in [4.78, 5) is 15.0. The molecule has 0 atom stereocenters. The Morgan fingerprint density at radius 3 is 3.06 bits per heavy atom. The van der Waals surface area contributed by atoms with Crippen LogP contribution < -0.4 is 5.32 Å². The molecule has 1 saturated heterocycles. The Morgan fingerprint density at radius 1 is 1.44 bits per heavy atom. The smallest absolute Gasteiger partial charge is 0.227 e. The lowest BCUT2D eigenvalue weighted by atomic mass is 10.3. The second-order valence-electron chi connectivity index (χ2n) is 3.87. The van der Waals surface area contributed by atoms with E-state index in [0.717, 1.165) is 41.8 Å². The maximum absolute atomic E-state index is 12.0. The maximum Gasteiger partial charge on any atom is 0.227 e. The first kappa shape index (κ1) is 11.9. The SMILES string of the molecule is O=C(Cc1ccc(Cl)s1)N1CCCNCC1. The van der Waals surface area contributed by atoms with Gasteiger partial charge in [0, 0.05) is 24.5 Å². The molecule has 1 amide bonds. The van der Waals surface area contributed by atoms with E-state index in [1.54, 1.807) is 0 Å². The summed E-state index contributed by atoms with van der Waals surface area (Å²) in [5.74, 6) is 0.210. The van der Waals surface area contributed by atoms with Crippen LogP contribution in [0.5, 0.6) is 0 Å². The summed E-state index contributed by atoms with van der Waals surface area (Å²) in [6.45, 7) is 3.59. The normalized spacial score (nSPS) is 17.2. The molecule has 2 heterocycles. The predicted molar refractivity (Wildman–Crippen MR) is 67.1 cm³/mol. The van der Waals surface area contributed by atoms with Crippen LogP contribution in [0, 0.1) is 0 Å². The summed E-state index contributed by atoms with van der Waals surface area (Å²) >= 11 is 7.33. The topological polar surface area (TPSA) is 32.3 Å². The predicted octanol–water partition coefficient (Wildman–Crippen LogP) is 1.77. The summed E-state index contributed by atoms with van der Waals surface area (Å²) in [6, 6.07) is 3.78. The first-order valence-electron chi connectivity index (χ1n) is 5.48. The summed E-state index contributed by atoms with van der Waals surface area (Å²) in [7, 11) is 0. The summed E-state index contributed by atoms with van der Waals surface area (Å²) in [5, 5.41) is 3.29. The number of rotatable bonds is 2. The van der Waals surface area contributed by atoms with Gasteiger partial charge >= 0.3 is 0 Å². The number of nitrogens with zero attached hydrogens (tertiary/aromatic N) is 1. The zero-order valence-electron chi connectivity index (χ0n) is 9.04. The third kappa shape index (κ3) is 3.20. The zero-order valence-corrected chi connectivity index (χ0v) is 10.6. The Labute approximate surface area is 104 Å². The van der Waals surface area contributed by atoms with Crippen LogP contribution in [-0.2, 0) is 11.2 Å². The lowest BCUT2D eigenvalue weighted by Gasteiger charge is -2.19. The number of nitrogens with one attached hydrogen (secondary N) is 1. The highest BCUT2D eigenvalue weighted by molar-refractivity contribution is 7.16. The number of carbonyl (C=O) groups is 1. The highest BCUT2D eigenvalue weighted by Gasteiger charge is 2.16. The lowest BCUT2D eigenvalue weighted by molar-refractivity contribution is -0.130. The number of hydrogen-bond donors (Lipinski definition) is 1. The Kier molecular flexibility index (Phi) is 4.21. The molecular formula is C11H15ClN2OS. The van der Waals surface area contributed by atoms with Gasteiger partial charge in [-0.15, -0.1) is 11.3 Å². The minimum absolute atomic E-state index is 0.210. The van der Waals surface area contributed by atoms with Gasteiger partial charge < -0.3 is 10.2 Å². The van der Waals surface area contributed by atoms with Gasteiger partial charge in [-0.25, -0.2) is 0 Å². The van der Waals surface area contributed by atoms with E-state index in [2.05, 4.69) is 5.32 Å². The van der Waals surface area contributed by atoms with Crippen LogP contribution in [0.2, 0.25) is 4.34 Å². The average molecular weight is 259 g/mol.